The van der Waals surface area contributed by atoms with Gasteiger partial charge in [-0.2, -0.15) is 10.1 Å². The summed E-state index contributed by atoms with van der Waals surface area (Å²) in [7, 11) is 0. The van der Waals surface area contributed by atoms with Crippen LogP contribution in [-0.2, 0) is 11.2 Å². The first-order valence-electron chi connectivity index (χ1n) is 9.02. The van der Waals surface area contributed by atoms with Crippen molar-refractivity contribution < 1.29 is 4.79 Å². The van der Waals surface area contributed by atoms with Crippen LogP contribution in [0.4, 0.5) is 5.13 Å². The highest BCUT2D eigenvalue weighted by Crippen LogP contribution is 2.30. The minimum atomic E-state index is -0.117. The van der Waals surface area contributed by atoms with Gasteiger partial charge in [-0.1, -0.05) is 78.1 Å². The van der Waals surface area contributed by atoms with E-state index in [-0.39, 0.29) is 12.3 Å². The molecular formula is C23H19N3OS. The van der Waals surface area contributed by atoms with Crippen LogP contribution in [0, 0.1) is 6.92 Å². The highest BCUT2D eigenvalue weighted by atomic mass is 32.1. The van der Waals surface area contributed by atoms with Crippen LogP contribution >= 0.6 is 11.3 Å². The smallest absolute Gasteiger partial charge is 0.253 e. The molecule has 1 heterocycles. The Labute approximate surface area is 167 Å². The molecule has 0 atom stereocenters. The SMILES string of the molecule is Cc1ccc2nc(N(/N=C/c3ccccc3)C(=O)Cc3ccccc3)sc2c1. The summed E-state index contributed by atoms with van der Waals surface area (Å²) in [6, 6.07) is 25.5. The van der Waals surface area contributed by atoms with Crippen LogP contribution in [0.15, 0.2) is 84.0 Å². The molecule has 0 saturated carbocycles. The second-order valence-corrected chi connectivity index (χ2v) is 7.50. The molecule has 4 aromatic rings. The number of benzene rings is 3. The molecule has 1 aromatic heterocycles. The molecule has 0 aliphatic heterocycles. The largest absolute Gasteiger partial charge is 0.272 e. The van der Waals surface area contributed by atoms with E-state index in [2.05, 4.69) is 16.2 Å². The number of amides is 1. The Kier molecular flexibility index (Phi) is 5.26. The number of aryl methyl sites for hydroxylation is 1. The van der Waals surface area contributed by atoms with Gasteiger partial charge in [0.05, 0.1) is 22.9 Å². The molecule has 0 radical (unpaired) electrons. The van der Waals surface area contributed by atoms with Gasteiger partial charge in [-0.3, -0.25) is 4.79 Å². The molecule has 138 valence electrons. The number of carbonyl (C=O) groups excluding carboxylic acids is 1. The third-order valence-electron chi connectivity index (χ3n) is 4.27. The average molecular weight is 385 g/mol. The Morgan fingerprint density at radius 3 is 2.50 bits per heavy atom. The summed E-state index contributed by atoms with van der Waals surface area (Å²) in [5.41, 5.74) is 3.91. The fourth-order valence-electron chi connectivity index (χ4n) is 2.84. The predicted molar refractivity (Wildman–Crippen MR) is 116 cm³/mol. The molecule has 4 rings (SSSR count). The highest BCUT2D eigenvalue weighted by molar-refractivity contribution is 7.22. The van der Waals surface area contributed by atoms with Crippen molar-refractivity contribution in [2.75, 3.05) is 5.01 Å². The number of hydrazone groups is 1. The van der Waals surface area contributed by atoms with E-state index in [1.165, 1.54) is 16.3 Å². The summed E-state index contributed by atoms with van der Waals surface area (Å²) in [6.45, 7) is 2.05. The van der Waals surface area contributed by atoms with Crippen LogP contribution in [-0.4, -0.2) is 17.1 Å². The Balaban J connectivity index is 1.69. The standard InChI is InChI=1S/C23H19N3OS/c1-17-12-13-20-21(14-17)28-23(25-20)26(24-16-19-10-6-3-7-11-19)22(27)15-18-8-4-2-5-9-18/h2-14,16H,15H2,1H3/b24-16+. The van der Waals surface area contributed by atoms with E-state index >= 15 is 0 Å². The monoisotopic (exact) mass is 385 g/mol. The van der Waals surface area contributed by atoms with Gasteiger partial charge in [-0.15, -0.1) is 0 Å². The van der Waals surface area contributed by atoms with E-state index in [0.29, 0.717) is 5.13 Å². The summed E-state index contributed by atoms with van der Waals surface area (Å²) < 4.78 is 1.04. The maximum absolute atomic E-state index is 13.1. The molecule has 3 aromatic carbocycles. The quantitative estimate of drug-likeness (QED) is 0.349. The van der Waals surface area contributed by atoms with Gasteiger partial charge >= 0.3 is 0 Å². The third-order valence-corrected chi connectivity index (χ3v) is 5.26. The van der Waals surface area contributed by atoms with Gasteiger partial charge in [-0.05, 0) is 35.7 Å². The number of aromatic nitrogens is 1. The Hall–Kier alpha value is -3.31. The molecule has 1 amide bonds. The topological polar surface area (TPSA) is 45.6 Å². The van der Waals surface area contributed by atoms with Crippen LogP contribution in [0.5, 0.6) is 0 Å². The number of hydrogen-bond acceptors (Lipinski definition) is 4. The highest BCUT2D eigenvalue weighted by Gasteiger charge is 2.19. The van der Waals surface area contributed by atoms with E-state index < -0.39 is 0 Å². The molecule has 0 saturated heterocycles. The summed E-state index contributed by atoms with van der Waals surface area (Å²) in [5.74, 6) is -0.117. The second kappa shape index (κ2) is 8.15. The summed E-state index contributed by atoms with van der Waals surface area (Å²) >= 11 is 1.47. The maximum Gasteiger partial charge on any atom is 0.253 e. The van der Waals surface area contributed by atoms with Crippen LogP contribution in [0.1, 0.15) is 16.7 Å². The van der Waals surface area contributed by atoms with Crippen molar-refractivity contribution in [3.05, 3.63) is 95.6 Å². The number of rotatable bonds is 5. The molecule has 0 N–H and O–H groups in total. The van der Waals surface area contributed by atoms with Crippen molar-refractivity contribution in [3.8, 4) is 0 Å². The van der Waals surface area contributed by atoms with Crippen molar-refractivity contribution in [3.63, 3.8) is 0 Å². The van der Waals surface area contributed by atoms with Gasteiger partial charge in [0.2, 0.25) is 5.13 Å². The Morgan fingerprint density at radius 1 is 1.04 bits per heavy atom. The minimum Gasteiger partial charge on any atom is -0.272 e. The second-order valence-electron chi connectivity index (χ2n) is 6.49. The third kappa shape index (κ3) is 4.15. The van der Waals surface area contributed by atoms with Crippen molar-refractivity contribution in [1.29, 1.82) is 0 Å². The van der Waals surface area contributed by atoms with Gasteiger partial charge < -0.3 is 0 Å². The molecule has 0 unspecified atom stereocenters. The van der Waals surface area contributed by atoms with E-state index in [0.717, 1.165) is 26.9 Å². The van der Waals surface area contributed by atoms with Gasteiger partial charge in [-0.25, -0.2) is 4.98 Å². The molecule has 4 nitrogen and oxygen atoms in total. The fourth-order valence-corrected chi connectivity index (χ4v) is 3.88. The van der Waals surface area contributed by atoms with Crippen molar-refractivity contribution >= 4 is 38.8 Å². The van der Waals surface area contributed by atoms with Gasteiger partial charge in [0.1, 0.15) is 0 Å². The fraction of sp³-hybridized carbons (Fsp3) is 0.0870. The number of nitrogens with zero attached hydrogens (tertiary/aromatic N) is 3. The lowest BCUT2D eigenvalue weighted by Gasteiger charge is -2.13. The first-order chi connectivity index (χ1) is 13.7. The van der Waals surface area contributed by atoms with Gasteiger partial charge in [0, 0.05) is 0 Å². The molecule has 5 heteroatoms. The summed E-state index contributed by atoms with van der Waals surface area (Å²) in [5, 5.41) is 6.48. The number of hydrogen-bond donors (Lipinski definition) is 0. The van der Waals surface area contributed by atoms with Crippen LogP contribution < -0.4 is 5.01 Å². The lowest BCUT2D eigenvalue weighted by atomic mass is 10.1. The van der Waals surface area contributed by atoms with Crippen molar-refractivity contribution in [1.82, 2.24) is 4.98 Å². The molecule has 28 heavy (non-hydrogen) atoms. The molecule has 0 fully saturated rings. The van der Waals surface area contributed by atoms with E-state index in [4.69, 9.17) is 0 Å². The molecular weight excluding hydrogens is 366 g/mol. The number of thiazole rings is 1. The number of carbonyl (C=O) groups is 1. The van der Waals surface area contributed by atoms with Crippen LogP contribution in [0.3, 0.4) is 0 Å². The normalized spacial score (nSPS) is 11.2. The zero-order valence-corrected chi connectivity index (χ0v) is 16.3. The molecule has 0 aliphatic carbocycles. The predicted octanol–water partition coefficient (Wildman–Crippen LogP) is 5.21. The Bertz CT molecular complexity index is 1120. The van der Waals surface area contributed by atoms with E-state index in [1.807, 2.05) is 79.7 Å². The lowest BCUT2D eigenvalue weighted by Crippen LogP contribution is -2.27. The van der Waals surface area contributed by atoms with Crippen molar-refractivity contribution in [2.45, 2.75) is 13.3 Å². The van der Waals surface area contributed by atoms with Gasteiger partial charge in [0.25, 0.3) is 5.91 Å². The number of anilines is 1. The summed E-state index contributed by atoms with van der Waals surface area (Å²) in [6.07, 6.45) is 1.96. The zero-order chi connectivity index (χ0) is 19.3. The maximum atomic E-state index is 13.1. The van der Waals surface area contributed by atoms with Gasteiger partial charge in [0.15, 0.2) is 0 Å². The zero-order valence-electron chi connectivity index (χ0n) is 15.4. The first-order valence-corrected chi connectivity index (χ1v) is 9.84. The van der Waals surface area contributed by atoms with E-state index in [9.17, 15) is 4.79 Å². The van der Waals surface area contributed by atoms with Crippen LogP contribution in [0.2, 0.25) is 0 Å². The minimum absolute atomic E-state index is 0.117. The van der Waals surface area contributed by atoms with Crippen molar-refractivity contribution in [2.24, 2.45) is 5.10 Å². The summed E-state index contributed by atoms with van der Waals surface area (Å²) in [4.78, 5) is 17.7. The molecule has 0 aliphatic rings. The average Bonchev–Trinajstić information content (AvgIpc) is 3.12. The van der Waals surface area contributed by atoms with E-state index in [1.54, 1.807) is 6.21 Å². The number of fused-ring (bicyclic) bond motifs is 1. The van der Waals surface area contributed by atoms with Crippen LogP contribution in [0.25, 0.3) is 10.2 Å². The molecule has 0 spiro atoms. The first kappa shape index (κ1) is 18.1. The lowest BCUT2D eigenvalue weighted by molar-refractivity contribution is -0.118. The molecule has 0 bridgehead atoms. The Morgan fingerprint density at radius 2 is 1.75 bits per heavy atom.